The molecule has 0 fully saturated rings. The maximum Gasteiger partial charge on any atom is 0.143 e. The Balaban J connectivity index is 0.993. The number of hydrogen-bond acceptors (Lipinski definition) is 3. The molecule has 0 saturated heterocycles. The number of rotatable bonds is 6. The highest BCUT2D eigenvalue weighted by Crippen LogP contribution is 2.46. The third kappa shape index (κ3) is 5.26. The predicted molar refractivity (Wildman–Crippen MR) is 258 cm³/mol. The van der Waals surface area contributed by atoms with Gasteiger partial charge in [-0.05, 0) is 108 Å². The predicted octanol–water partition coefficient (Wildman–Crippen LogP) is 16.3. The molecule has 3 aromatic heterocycles. The molecule has 9 aromatic carbocycles. The van der Waals surface area contributed by atoms with E-state index in [1.54, 1.807) is 0 Å². The third-order valence-corrected chi connectivity index (χ3v) is 12.9. The molecule has 0 aliphatic heterocycles. The molecule has 1 aliphatic carbocycles. The summed E-state index contributed by atoms with van der Waals surface area (Å²) in [5.41, 5.74) is 16.2. The number of para-hydroxylation sites is 4. The Labute approximate surface area is 357 Å². The van der Waals surface area contributed by atoms with Crippen molar-refractivity contribution in [3.05, 3.63) is 211 Å². The molecular formula is C58H38N2O2. The maximum absolute atomic E-state index is 6.92. The summed E-state index contributed by atoms with van der Waals surface area (Å²) < 4.78 is 15.6. The van der Waals surface area contributed by atoms with Crippen molar-refractivity contribution in [3.8, 4) is 27.9 Å². The lowest BCUT2D eigenvalue weighted by Gasteiger charge is -2.28. The van der Waals surface area contributed by atoms with E-state index in [1.165, 1.54) is 27.5 Å². The fourth-order valence-electron chi connectivity index (χ4n) is 10.1. The second-order valence-corrected chi connectivity index (χ2v) is 16.3. The molecule has 0 atom stereocenters. The first-order chi connectivity index (χ1) is 30.8. The second kappa shape index (κ2) is 13.7. The largest absolute Gasteiger partial charge is 0.456 e. The number of benzene rings is 9. The highest BCUT2D eigenvalue weighted by molar-refractivity contribution is 6.18. The van der Waals surface area contributed by atoms with Crippen LogP contribution in [0.2, 0.25) is 0 Å². The number of fused-ring (bicyclic) bond motifs is 11. The van der Waals surface area contributed by atoms with Gasteiger partial charge in [0.25, 0.3) is 0 Å². The van der Waals surface area contributed by atoms with Gasteiger partial charge in [0.2, 0.25) is 0 Å². The van der Waals surface area contributed by atoms with E-state index in [9.17, 15) is 0 Å². The fourth-order valence-corrected chi connectivity index (χ4v) is 10.1. The molecule has 4 nitrogen and oxygen atoms in total. The third-order valence-electron chi connectivity index (χ3n) is 12.9. The van der Waals surface area contributed by atoms with Crippen molar-refractivity contribution in [2.24, 2.45) is 0 Å². The van der Waals surface area contributed by atoms with Crippen LogP contribution in [0.1, 0.15) is 17.7 Å². The minimum Gasteiger partial charge on any atom is -0.456 e. The standard InChI is InChI=1S/C58H38N2O2/c1-2-14-43-37(13-1)29-36-49-48-21-11-20-47(58(48)62-57(43)49)46-17-5-7-22-51(46)59(39-30-27-38(28-31-39)42-19-12-26-55-56(42)50-18-6-10-25-54(50)61-55)40-32-34-41(35-33-40)60-52-23-8-3-15-44(52)45-16-4-9-24-53(45)60/h1-3,5-15,17-36H,4,16H2. The minimum absolute atomic E-state index is 0.884. The minimum atomic E-state index is 0.884. The molecule has 0 amide bonds. The first-order valence-corrected chi connectivity index (χ1v) is 21.4. The molecule has 1 aliphatic rings. The van der Waals surface area contributed by atoms with E-state index < -0.39 is 0 Å². The van der Waals surface area contributed by atoms with Gasteiger partial charge in [0.1, 0.15) is 22.3 Å². The molecule has 0 radical (unpaired) electrons. The van der Waals surface area contributed by atoms with Gasteiger partial charge in [-0.1, -0.05) is 133 Å². The summed E-state index contributed by atoms with van der Waals surface area (Å²) in [5.74, 6) is 0. The van der Waals surface area contributed by atoms with E-state index in [2.05, 4.69) is 204 Å². The van der Waals surface area contributed by atoms with Crippen molar-refractivity contribution in [1.82, 2.24) is 4.57 Å². The first-order valence-electron chi connectivity index (χ1n) is 21.4. The molecule has 0 saturated carbocycles. The van der Waals surface area contributed by atoms with Gasteiger partial charge in [0.15, 0.2) is 0 Å². The van der Waals surface area contributed by atoms with Crippen molar-refractivity contribution in [2.45, 2.75) is 12.8 Å². The van der Waals surface area contributed by atoms with Gasteiger partial charge in [-0.15, -0.1) is 0 Å². The summed E-state index contributed by atoms with van der Waals surface area (Å²) in [6.07, 6.45) is 6.72. The van der Waals surface area contributed by atoms with Crippen molar-refractivity contribution >= 4 is 88.7 Å². The smallest absolute Gasteiger partial charge is 0.143 e. The molecule has 13 rings (SSSR count). The second-order valence-electron chi connectivity index (χ2n) is 16.3. The number of aromatic nitrogens is 1. The van der Waals surface area contributed by atoms with Crippen LogP contribution < -0.4 is 4.90 Å². The molecule has 0 spiro atoms. The molecule has 0 bridgehead atoms. The van der Waals surface area contributed by atoms with E-state index in [-0.39, 0.29) is 0 Å². The number of hydrogen-bond donors (Lipinski definition) is 0. The molecule has 292 valence electrons. The molecule has 0 unspecified atom stereocenters. The van der Waals surface area contributed by atoms with Crippen LogP contribution in [0.15, 0.2) is 209 Å². The summed E-state index contributed by atoms with van der Waals surface area (Å²) in [5, 5.41) is 8.10. The van der Waals surface area contributed by atoms with Crippen LogP contribution in [0.4, 0.5) is 17.1 Å². The van der Waals surface area contributed by atoms with Crippen LogP contribution in [0, 0.1) is 0 Å². The van der Waals surface area contributed by atoms with E-state index in [4.69, 9.17) is 8.83 Å². The Morgan fingerprint density at radius 2 is 1.11 bits per heavy atom. The lowest BCUT2D eigenvalue weighted by Crippen LogP contribution is -2.11. The van der Waals surface area contributed by atoms with Crippen LogP contribution in [0.25, 0.3) is 99.6 Å². The highest BCUT2D eigenvalue weighted by Gasteiger charge is 2.23. The SMILES string of the molecule is C1=Cc2c(c3ccccc3n2-c2ccc(N(c3ccc(-c4cccc5oc6ccccc6c45)cc3)c3ccccc3-c3cccc4c3oc3c5ccccc5ccc43)cc2)CC1. The van der Waals surface area contributed by atoms with Crippen LogP contribution >= 0.6 is 0 Å². The Hall–Kier alpha value is -8.08. The average Bonchev–Trinajstić information content (AvgIpc) is 4.03. The van der Waals surface area contributed by atoms with E-state index >= 15 is 0 Å². The summed E-state index contributed by atoms with van der Waals surface area (Å²) >= 11 is 0. The number of aryl methyl sites for hydroxylation is 1. The lowest BCUT2D eigenvalue weighted by atomic mass is 9.97. The van der Waals surface area contributed by atoms with Crippen molar-refractivity contribution in [1.29, 1.82) is 0 Å². The number of anilines is 3. The van der Waals surface area contributed by atoms with Crippen molar-refractivity contribution in [3.63, 3.8) is 0 Å². The Kier molecular flexibility index (Phi) is 7.70. The Morgan fingerprint density at radius 1 is 0.452 bits per heavy atom. The van der Waals surface area contributed by atoms with E-state index in [0.29, 0.717) is 0 Å². The normalized spacial score (nSPS) is 12.6. The number of allylic oxidation sites excluding steroid dienone is 1. The molecule has 62 heavy (non-hydrogen) atoms. The molecular weight excluding hydrogens is 757 g/mol. The van der Waals surface area contributed by atoms with E-state index in [1.807, 2.05) is 12.1 Å². The topological polar surface area (TPSA) is 34.5 Å². The molecule has 3 heterocycles. The van der Waals surface area contributed by atoms with Crippen LogP contribution in [0.5, 0.6) is 0 Å². The Bertz CT molecular complexity index is 3750. The quantitative estimate of drug-likeness (QED) is 0.168. The van der Waals surface area contributed by atoms with Gasteiger partial charge in [0.05, 0.1) is 11.2 Å². The maximum atomic E-state index is 6.92. The summed E-state index contributed by atoms with van der Waals surface area (Å²) in [4.78, 5) is 2.39. The van der Waals surface area contributed by atoms with Gasteiger partial charge in [-0.3, -0.25) is 0 Å². The summed E-state index contributed by atoms with van der Waals surface area (Å²) in [7, 11) is 0. The van der Waals surface area contributed by atoms with Crippen LogP contribution in [0.3, 0.4) is 0 Å². The van der Waals surface area contributed by atoms with E-state index in [0.717, 1.165) is 107 Å². The van der Waals surface area contributed by atoms with Gasteiger partial charge in [-0.25, -0.2) is 0 Å². The number of furan rings is 2. The zero-order chi connectivity index (χ0) is 40.7. The van der Waals surface area contributed by atoms with Gasteiger partial charge in [-0.2, -0.15) is 0 Å². The molecule has 12 aromatic rings. The number of nitrogens with zero attached hydrogens (tertiary/aromatic N) is 2. The molecule has 0 N–H and O–H groups in total. The van der Waals surface area contributed by atoms with Crippen molar-refractivity contribution in [2.75, 3.05) is 4.90 Å². The summed E-state index contributed by atoms with van der Waals surface area (Å²) in [6, 6.07) is 69.6. The van der Waals surface area contributed by atoms with Gasteiger partial charge in [0, 0.05) is 66.2 Å². The highest BCUT2D eigenvalue weighted by atomic mass is 16.3. The first kappa shape index (κ1) is 34.8. The summed E-state index contributed by atoms with van der Waals surface area (Å²) in [6.45, 7) is 0. The van der Waals surface area contributed by atoms with Crippen LogP contribution in [-0.2, 0) is 6.42 Å². The average molecular weight is 795 g/mol. The lowest BCUT2D eigenvalue weighted by molar-refractivity contribution is 0.669. The van der Waals surface area contributed by atoms with Crippen molar-refractivity contribution < 1.29 is 8.83 Å². The fraction of sp³-hybridized carbons (Fsp3) is 0.0345. The van der Waals surface area contributed by atoms with Gasteiger partial charge < -0.3 is 18.3 Å². The monoisotopic (exact) mass is 794 g/mol. The zero-order valence-electron chi connectivity index (χ0n) is 33.8. The Morgan fingerprint density at radius 3 is 2.00 bits per heavy atom. The van der Waals surface area contributed by atoms with Crippen LogP contribution in [-0.4, -0.2) is 4.57 Å². The van der Waals surface area contributed by atoms with Gasteiger partial charge >= 0.3 is 0 Å². The molecule has 4 heteroatoms. The zero-order valence-corrected chi connectivity index (χ0v) is 33.8.